The molecular formula is C16H21N3O. The van der Waals surface area contributed by atoms with Crippen molar-refractivity contribution >= 4 is 5.95 Å². The van der Waals surface area contributed by atoms with Crippen LogP contribution in [0, 0.1) is 6.92 Å². The predicted octanol–water partition coefficient (Wildman–Crippen LogP) is 3.03. The monoisotopic (exact) mass is 271 g/mol. The number of H-pyrrole nitrogens is 1. The number of nitrogens with one attached hydrogen (secondary N) is 2. The second-order valence-corrected chi connectivity index (χ2v) is 5.03. The molecule has 1 aromatic carbocycles. The summed E-state index contributed by atoms with van der Waals surface area (Å²) in [7, 11) is 0. The molecule has 0 saturated heterocycles. The molecule has 2 rings (SSSR count). The fourth-order valence-corrected chi connectivity index (χ4v) is 1.97. The highest BCUT2D eigenvalue weighted by molar-refractivity contribution is 5.29. The zero-order valence-corrected chi connectivity index (χ0v) is 12.1. The van der Waals surface area contributed by atoms with E-state index in [1.54, 1.807) is 6.07 Å². The summed E-state index contributed by atoms with van der Waals surface area (Å²) in [6.07, 6.45) is 2.99. The van der Waals surface area contributed by atoms with Crippen LogP contribution in [-0.4, -0.2) is 9.97 Å². The molecule has 0 bridgehead atoms. The maximum Gasteiger partial charge on any atom is 0.252 e. The van der Waals surface area contributed by atoms with E-state index < -0.39 is 0 Å². The Labute approximate surface area is 119 Å². The topological polar surface area (TPSA) is 57.8 Å². The summed E-state index contributed by atoms with van der Waals surface area (Å²) in [6.45, 7) is 4.84. The van der Waals surface area contributed by atoms with E-state index in [4.69, 9.17) is 0 Å². The number of hydrogen-bond donors (Lipinski definition) is 2. The van der Waals surface area contributed by atoms with Crippen molar-refractivity contribution in [3.63, 3.8) is 0 Å². The summed E-state index contributed by atoms with van der Waals surface area (Å²) in [5.74, 6) is 0.546. The van der Waals surface area contributed by atoms with Crippen LogP contribution in [0.1, 0.15) is 36.6 Å². The van der Waals surface area contributed by atoms with E-state index in [0.717, 1.165) is 30.5 Å². The molecule has 0 saturated carbocycles. The molecule has 0 radical (unpaired) electrons. The SMILES string of the molecule is CCCCc1cc(=O)[nH]c(NCc2ccc(C)cc2)n1. The lowest BCUT2D eigenvalue weighted by atomic mass is 10.1. The Balaban J connectivity index is 2.03. The second-order valence-electron chi connectivity index (χ2n) is 5.03. The zero-order chi connectivity index (χ0) is 14.4. The fourth-order valence-electron chi connectivity index (χ4n) is 1.97. The summed E-state index contributed by atoms with van der Waals surface area (Å²) in [5.41, 5.74) is 3.15. The number of aryl methyl sites for hydroxylation is 2. The lowest BCUT2D eigenvalue weighted by Crippen LogP contribution is -2.14. The summed E-state index contributed by atoms with van der Waals surface area (Å²) in [6, 6.07) is 9.87. The molecule has 4 nitrogen and oxygen atoms in total. The molecule has 0 aliphatic heterocycles. The number of unbranched alkanes of at least 4 members (excludes halogenated alkanes) is 1. The Morgan fingerprint density at radius 3 is 2.70 bits per heavy atom. The predicted molar refractivity (Wildman–Crippen MR) is 82.0 cm³/mol. The number of aromatic nitrogens is 2. The molecule has 0 unspecified atom stereocenters. The Kier molecular flexibility index (Phi) is 4.93. The van der Waals surface area contributed by atoms with Gasteiger partial charge in [-0.05, 0) is 25.3 Å². The highest BCUT2D eigenvalue weighted by Crippen LogP contribution is 2.06. The smallest absolute Gasteiger partial charge is 0.252 e. The van der Waals surface area contributed by atoms with Gasteiger partial charge in [-0.1, -0.05) is 43.2 Å². The van der Waals surface area contributed by atoms with Gasteiger partial charge in [0, 0.05) is 18.3 Å². The van der Waals surface area contributed by atoms with Gasteiger partial charge in [0.2, 0.25) is 5.95 Å². The molecule has 0 aliphatic carbocycles. The van der Waals surface area contributed by atoms with Crippen molar-refractivity contribution in [2.75, 3.05) is 5.32 Å². The maximum atomic E-state index is 11.6. The van der Waals surface area contributed by atoms with Gasteiger partial charge < -0.3 is 5.32 Å². The molecule has 2 aromatic rings. The van der Waals surface area contributed by atoms with E-state index in [2.05, 4.69) is 53.4 Å². The van der Waals surface area contributed by atoms with Crippen LogP contribution in [0.3, 0.4) is 0 Å². The van der Waals surface area contributed by atoms with Crippen LogP contribution in [0.25, 0.3) is 0 Å². The van der Waals surface area contributed by atoms with Gasteiger partial charge in [-0.3, -0.25) is 9.78 Å². The number of aromatic amines is 1. The Bertz CT molecular complexity index is 602. The van der Waals surface area contributed by atoms with Gasteiger partial charge in [0.05, 0.1) is 0 Å². The molecule has 0 fully saturated rings. The van der Waals surface area contributed by atoms with E-state index >= 15 is 0 Å². The number of rotatable bonds is 6. The average Bonchev–Trinajstić information content (AvgIpc) is 2.44. The van der Waals surface area contributed by atoms with E-state index in [9.17, 15) is 4.79 Å². The van der Waals surface area contributed by atoms with Crippen LogP contribution in [0.2, 0.25) is 0 Å². The molecular weight excluding hydrogens is 250 g/mol. The van der Waals surface area contributed by atoms with Crippen LogP contribution in [0.5, 0.6) is 0 Å². The first-order chi connectivity index (χ1) is 9.67. The highest BCUT2D eigenvalue weighted by atomic mass is 16.1. The van der Waals surface area contributed by atoms with Crippen molar-refractivity contribution in [3.05, 3.63) is 57.5 Å². The normalized spacial score (nSPS) is 10.5. The summed E-state index contributed by atoms with van der Waals surface area (Å²) < 4.78 is 0. The van der Waals surface area contributed by atoms with Crippen molar-refractivity contribution in [1.29, 1.82) is 0 Å². The Morgan fingerprint density at radius 1 is 1.25 bits per heavy atom. The fraction of sp³-hybridized carbons (Fsp3) is 0.375. The zero-order valence-electron chi connectivity index (χ0n) is 12.1. The third-order valence-electron chi connectivity index (χ3n) is 3.16. The standard InChI is InChI=1S/C16H21N3O/c1-3-4-5-14-10-15(20)19-16(18-14)17-11-13-8-6-12(2)7-9-13/h6-10H,3-5,11H2,1-2H3,(H2,17,18,19,20). The minimum atomic E-state index is -0.0995. The molecule has 1 heterocycles. The molecule has 4 heteroatoms. The molecule has 0 atom stereocenters. The lowest BCUT2D eigenvalue weighted by molar-refractivity contribution is 0.771. The molecule has 20 heavy (non-hydrogen) atoms. The highest BCUT2D eigenvalue weighted by Gasteiger charge is 2.01. The third kappa shape index (κ3) is 4.23. The van der Waals surface area contributed by atoms with Crippen LogP contribution >= 0.6 is 0 Å². The molecule has 1 aromatic heterocycles. The van der Waals surface area contributed by atoms with Gasteiger partial charge in [-0.25, -0.2) is 4.98 Å². The second kappa shape index (κ2) is 6.89. The number of anilines is 1. The minimum absolute atomic E-state index is 0.0995. The lowest BCUT2D eigenvalue weighted by Gasteiger charge is -2.07. The van der Waals surface area contributed by atoms with Gasteiger partial charge in [-0.2, -0.15) is 0 Å². The number of nitrogens with zero attached hydrogens (tertiary/aromatic N) is 1. The molecule has 106 valence electrons. The summed E-state index contributed by atoms with van der Waals surface area (Å²) in [4.78, 5) is 18.8. The first-order valence-corrected chi connectivity index (χ1v) is 7.07. The van der Waals surface area contributed by atoms with Crippen LogP contribution in [0.15, 0.2) is 35.1 Å². The van der Waals surface area contributed by atoms with Gasteiger partial charge in [0.1, 0.15) is 0 Å². The van der Waals surface area contributed by atoms with Gasteiger partial charge in [0.25, 0.3) is 5.56 Å². The first kappa shape index (κ1) is 14.3. The number of benzene rings is 1. The van der Waals surface area contributed by atoms with Crippen LogP contribution in [-0.2, 0) is 13.0 Å². The number of hydrogen-bond acceptors (Lipinski definition) is 3. The summed E-state index contributed by atoms with van der Waals surface area (Å²) >= 11 is 0. The van der Waals surface area contributed by atoms with Crippen LogP contribution < -0.4 is 10.9 Å². The van der Waals surface area contributed by atoms with Crippen molar-refractivity contribution in [3.8, 4) is 0 Å². The summed E-state index contributed by atoms with van der Waals surface area (Å²) in [5, 5.41) is 3.17. The molecule has 2 N–H and O–H groups in total. The Hall–Kier alpha value is -2.10. The van der Waals surface area contributed by atoms with Gasteiger partial charge >= 0.3 is 0 Å². The average molecular weight is 271 g/mol. The van der Waals surface area contributed by atoms with Crippen molar-refractivity contribution in [2.24, 2.45) is 0 Å². The van der Waals surface area contributed by atoms with Crippen LogP contribution in [0.4, 0.5) is 5.95 Å². The van der Waals surface area contributed by atoms with Gasteiger partial charge in [-0.15, -0.1) is 0 Å². The van der Waals surface area contributed by atoms with E-state index in [1.807, 2.05) is 0 Å². The van der Waals surface area contributed by atoms with Gasteiger partial charge in [0.15, 0.2) is 0 Å². The van der Waals surface area contributed by atoms with E-state index in [1.165, 1.54) is 5.56 Å². The van der Waals surface area contributed by atoms with Crippen molar-refractivity contribution in [1.82, 2.24) is 9.97 Å². The quantitative estimate of drug-likeness (QED) is 0.849. The molecule has 0 amide bonds. The first-order valence-electron chi connectivity index (χ1n) is 7.07. The van der Waals surface area contributed by atoms with Crippen molar-refractivity contribution < 1.29 is 0 Å². The Morgan fingerprint density at radius 2 is 2.00 bits per heavy atom. The largest absolute Gasteiger partial charge is 0.352 e. The molecule has 0 aliphatic rings. The van der Waals surface area contributed by atoms with Crippen molar-refractivity contribution in [2.45, 2.75) is 39.7 Å². The van der Waals surface area contributed by atoms with E-state index in [-0.39, 0.29) is 5.56 Å². The minimum Gasteiger partial charge on any atom is -0.352 e. The molecule has 0 spiro atoms. The maximum absolute atomic E-state index is 11.6. The van der Waals surface area contributed by atoms with E-state index in [0.29, 0.717) is 12.5 Å². The third-order valence-corrected chi connectivity index (χ3v) is 3.16.